The number of hydrogen-bond donors (Lipinski definition) is 3. The lowest BCUT2D eigenvalue weighted by molar-refractivity contribution is -0.138. The zero-order valence-corrected chi connectivity index (χ0v) is 24.4. The fourth-order valence-corrected chi connectivity index (χ4v) is 5.00. The Morgan fingerprint density at radius 3 is 2.48 bits per heavy atom. The number of carboxylic acids is 1. The highest BCUT2D eigenvalue weighted by Crippen LogP contribution is 2.31. The summed E-state index contributed by atoms with van der Waals surface area (Å²) in [6.45, 7) is 3.80. The molecule has 226 valence electrons. The van der Waals surface area contributed by atoms with E-state index in [1.165, 1.54) is 10.9 Å². The fourth-order valence-electron chi connectivity index (χ4n) is 5.00. The third-order valence-corrected chi connectivity index (χ3v) is 7.20. The van der Waals surface area contributed by atoms with Gasteiger partial charge >= 0.3 is 5.97 Å². The second-order valence-corrected chi connectivity index (χ2v) is 10.4. The van der Waals surface area contributed by atoms with E-state index in [9.17, 15) is 19.5 Å². The molecule has 1 amide bonds. The molecule has 0 aliphatic heterocycles. The number of para-hydroxylation sites is 1. The van der Waals surface area contributed by atoms with Gasteiger partial charge in [0.15, 0.2) is 0 Å². The number of aliphatic carboxylic acids is 1. The molecule has 0 bridgehead atoms. The average molecular weight is 597 g/mol. The van der Waals surface area contributed by atoms with Crippen molar-refractivity contribution in [2.45, 2.75) is 32.9 Å². The lowest BCUT2D eigenvalue weighted by Crippen LogP contribution is -2.33. The number of rotatable bonds is 11. The summed E-state index contributed by atoms with van der Waals surface area (Å²) in [5, 5.41) is 12.7. The van der Waals surface area contributed by atoms with Crippen molar-refractivity contribution in [1.82, 2.24) is 19.3 Å². The summed E-state index contributed by atoms with van der Waals surface area (Å²) >= 11 is 0. The molecule has 0 spiro atoms. The molecule has 5 rings (SSSR count). The van der Waals surface area contributed by atoms with Crippen LogP contribution in [-0.2, 0) is 11.3 Å². The predicted molar refractivity (Wildman–Crippen MR) is 165 cm³/mol. The number of anilines is 1. The van der Waals surface area contributed by atoms with E-state index in [0.29, 0.717) is 34.1 Å². The number of fused-ring (bicyclic) bond motifs is 1. The van der Waals surface area contributed by atoms with Gasteiger partial charge in [0.2, 0.25) is 0 Å². The number of aromatic nitrogens is 4. The van der Waals surface area contributed by atoms with E-state index in [0.717, 1.165) is 5.39 Å². The van der Waals surface area contributed by atoms with Crippen molar-refractivity contribution in [3.05, 3.63) is 101 Å². The lowest BCUT2D eigenvalue weighted by atomic mass is 10.0. The Morgan fingerprint density at radius 2 is 1.80 bits per heavy atom. The molecule has 3 heterocycles. The van der Waals surface area contributed by atoms with Gasteiger partial charge < -0.3 is 25.6 Å². The second kappa shape index (κ2) is 12.8. The molecule has 0 aliphatic rings. The van der Waals surface area contributed by atoms with Crippen molar-refractivity contribution in [1.29, 1.82) is 0 Å². The third kappa shape index (κ3) is 6.30. The third-order valence-electron chi connectivity index (χ3n) is 7.20. The maximum Gasteiger partial charge on any atom is 0.320 e. The van der Waals surface area contributed by atoms with Crippen LogP contribution in [0.15, 0.2) is 83.9 Å². The van der Waals surface area contributed by atoms with E-state index in [4.69, 9.17) is 15.2 Å². The van der Waals surface area contributed by atoms with Crippen LogP contribution in [0.25, 0.3) is 16.6 Å². The summed E-state index contributed by atoms with van der Waals surface area (Å²) in [4.78, 5) is 47.1. The lowest BCUT2D eigenvalue weighted by Gasteiger charge is -2.19. The summed E-state index contributed by atoms with van der Waals surface area (Å²) in [5.74, 6) is 0.00152. The summed E-state index contributed by atoms with van der Waals surface area (Å²) in [6.07, 6.45) is 3.30. The van der Waals surface area contributed by atoms with Gasteiger partial charge in [0, 0.05) is 24.2 Å². The molecule has 0 radical (unpaired) electrons. The summed E-state index contributed by atoms with van der Waals surface area (Å²) < 4.78 is 14.4. The van der Waals surface area contributed by atoms with E-state index in [2.05, 4.69) is 15.3 Å². The van der Waals surface area contributed by atoms with E-state index < -0.39 is 23.5 Å². The summed E-state index contributed by atoms with van der Waals surface area (Å²) in [6, 6.07) is 18.3. The van der Waals surface area contributed by atoms with Crippen LogP contribution in [0, 0.1) is 12.8 Å². The van der Waals surface area contributed by atoms with Gasteiger partial charge in [0.25, 0.3) is 11.5 Å². The van der Waals surface area contributed by atoms with Crippen LogP contribution in [0.2, 0.25) is 0 Å². The first-order valence-corrected chi connectivity index (χ1v) is 13.9. The molecule has 1 unspecified atom stereocenters. The Labute approximate surface area is 252 Å². The number of carbonyl (C=O) groups is 2. The summed E-state index contributed by atoms with van der Waals surface area (Å²) in [5.41, 5.74) is 6.89. The maximum absolute atomic E-state index is 13.7. The molecule has 44 heavy (non-hydrogen) atoms. The zero-order chi connectivity index (χ0) is 31.4. The van der Waals surface area contributed by atoms with Crippen LogP contribution < -0.4 is 26.1 Å². The highest BCUT2D eigenvalue weighted by atomic mass is 16.5. The van der Waals surface area contributed by atoms with Crippen LogP contribution in [-0.4, -0.2) is 49.5 Å². The molecule has 0 aliphatic carbocycles. The quantitative estimate of drug-likeness (QED) is 0.201. The van der Waals surface area contributed by atoms with Crippen molar-refractivity contribution >= 4 is 28.6 Å². The van der Waals surface area contributed by atoms with Crippen molar-refractivity contribution in [2.75, 3.05) is 12.4 Å². The SMILES string of the molecule is COc1ccc2c(Oc3ccc(NC(=O)c4c(C)n(C[C@@H](C)CC(N)C(=O)O)n(-c5ccccc5)c4=O)nc3)ccnc2c1. The van der Waals surface area contributed by atoms with Crippen molar-refractivity contribution in [3.63, 3.8) is 0 Å². The van der Waals surface area contributed by atoms with Crippen LogP contribution in [0.1, 0.15) is 29.4 Å². The second-order valence-electron chi connectivity index (χ2n) is 10.4. The van der Waals surface area contributed by atoms with Gasteiger partial charge in [-0.05, 0) is 61.7 Å². The number of methoxy groups -OCH3 is 1. The van der Waals surface area contributed by atoms with Crippen LogP contribution >= 0.6 is 0 Å². The molecule has 3 aromatic heterocycles. The average Bonchev–Trinajstić information content (AvgIpc) is 3.26. The minimum atomic E-state index is -1.10. The predicted octanol–water partition coefficient (Wildman–Crippen LogP) is 4.38. The zero-order valence-electron chi connectivity index (χ0n) is 24.4. The van der Waals surface area contributed by atoms with Crippen molar-refractivity contribution in [3.8, 4) is 22.9 Å². The number of pyridine rings is 2. The molecule has 2 atom stereocenters. The highest BCUT2D eigenvalue weighted by molar-refractivity contribution is 6.04. The smallest absolute Gasteiger partial charge is 0.320 e. The molecule has 4 N–H and O–H groups in total. The Balaban J connectivity index is 1.38. The topological polar surface area (TPSA) is 164 Å². The Bertz CT molecular complexity index is 1870. The molecular formula is C32H32N6O6. The van der Waals surface area contributed by atoms with Gasteiger partial charge in [-0.1, -0.05) is 25.1 Å². The van der Waals surface area contributed by atoms with Gasteiger partial charge in [-0.2, -0.15) is 0 Å². The molecule has 12 heteroatoms. The van der Waals surface area contributed by atoms with Gasteiger partial charge in [-0.3, -0.25) is 24.0 Å². The van der Waals surface area contributed by atoms with E-state index in [1.807, 2.05) is 31.2 Å². The first-order chi connectivity index (χ1) is 21.2. The maximum atomic E-state index is 13.7. The number of carboxylic acid groups (broad SMARTS) is 1. The number of benzene rings is 2. The highest BCUT2D eigenvalue weighted by Gasteiger charge is 2.26. The van der Waals surface area contributed by atoms with Crippen LogP contribution in [0.3, 0.4) is 0 Å². The number of nitrogens with one attached hydrogen (secondary N) is 1. The summed E-state index contributed by atoms with van der Waals surface area (Å²) in [7, 11) is 1.59. The number of nitrogens with zero attached hydrogens (tertiary/aromatic N) is 4. The molecule has 5 aromatic rings. The minimum Gasteiger partial charge on any atom is -0.497 e. The van der Waals surface area contributed by atoms with E-state index in [1.54, 1.807) is 67.4 Å². The van der Waals surface area contributed by atoms with Crippen molar-refractivity contribution < 1.29 is 24.2 Å². The first kappa shape index (κ1) is 30.0. The molecular weight excluding hydrogens is 564 g/mol. The standard InChI is InChI=1S/C32H32N6O6/c1-19(15-25(33)32(41)42)18-37-20(2)29(31(40)38(37)21-7-5-4-6-8-21)30(39)36-28-12-10-23(17-35-28)44-27-13-14-34-26-16-22(43-3)9-11-24(26)27/h4-14,16-17,19,25H,15,18,33H2,1-3H3,(H,41,42)(H,35,36,39)/t19-,25?/m0/s1. The Hall–Kier alpha value is -5.49. The monoisotopic (exact) mass is 596 g/mol. The van der Waals surface area contributed by atoms with E-state index in [-0.39, 0.29) is 30.3 Å². The molecule has 2 aromatic carbocycles. The molecule has 0 saturated carbocycles. The largest absolute Gasteiger partial charge is 0.497 e. The fraction of sp³-hybridized carbons (Fsp3) is 0.219. The normalized spacial score (nSPS) is 12.5. The number of nitrogens with two attached hydrogens (primary N) is 1. The Kier molecular flexibility index (Phi) is 8.72. The van der Waals surface area contributed by atoms with Gasteiger partial charge in [0.1, 0.15) is 34.7 Å². The molecule has 0 saturated heterocycles. The number of ether oxygens (including phenoxy) is 2. The van der Waals surface area contributed by atoms with Crippen molar-refractivity contribution in [2.24, 2.45) is 11.7 Å². The number of amides is 1. The number of hydrogen-bond acceptors (Lipinski definition) is 8. The Morgan fingerprint density at radius 1 is 1.05 bits per heavy atom. The van der Waals surface area contributed by atoms with Gasteiger partial charge in [-0.15, -0.1) is 0 Å². The molecule has 12 nitrogen and oxygen atoms in total. The van der Waals surface area contributed by atoms with Gasteiger partial charge in [-0.25, -0.2) is 9.67 Å². The van der Waals surface area contributed by atoms with Gasteiger partial charge in [0.05, 0.1) is 30.2 Å². The van der Waals surface area contributed by atoms with Crippen LogP contribution in [0.4, 0.5) is 5.82 Å². The number of carbonyl (C=O) groups excluding carboxylic acids is 1. The minimum absolute atomic E-state index is 0.0515. The molecule has 0 fully saturated rings. The first-order valence-electron chi connectivity index (χ1n) is 13.9. The van der Waals surface area contributed by atoms with Crippen LogP contribution in [0.5, 0.6) is 17.2 Å². The van der Waals surface area contributed by atoms with E-state index >= 15 is 0 Å².